The standard InChI is InChI=1S/C10H13O.Y/c1-8-3-5-10(6-4-8)7-9(2)11;/h3,5-6,9,11H,7H2,1-2H3;/q-1;. The first-order valence-electron chi connectivity index (χ1n) is 3.84. The van der Waals surface area contributed by atoms with Gasteiger partial charge in [-0.25, -0.2) is 0 Å². The Morgan fingerprint density at radius 3 is 2.58 bits per heavy atom. The minimum atomic E-state index is -0.258. The molecule has 1 radical (unpaired) electrons. The van der Waals surface area contributed by atoms with Gasteiger partial charge in [0.2, 0.25) is 0 Å². The van der Waals surface area contributed by atoms with Crippen molar-refractivity contribution in [1.82, 2.24) is 0 Å². The van der Waals surface area contributed by atoms with Crippen LogP contribution in [0.5, 0.6) is 0 Å². The van der Waals surface area contributed by atoms with E-state index in [2.05, 4.69) is 6.07 Å². The van der Waals surface area contributed by atoms with Crippen LogP contribution < -0.4 is 0 Å². The van der Waals surface area contributed by atoms with Gasteiger partial charge in [0.15, 0.2) is 0 Å². The van der Waals surface area contributed by atoms with E-state index in [0.717, 1.165) is 17.5 Å². The number of benzene rings is 1. The fourth-order valence-corrected chi connectivity index (χ4v) is 1.00. The number of hydrogen-bond donors (Lipinski definition) is 1. The van der Waals surface area contributed by atoms with Crippen LogP contribution in [0.25, 0.3) is 0 Å². The summed E-state index contributed by atoms with van der Waals surface area (Å²) in [4.78, 5) is 0. The smallest absolute Gasteiger partial charge is 0.0448 e. The Bertz CT molecular complexity index is 216. The third kappa shape index (κ3) is 4.34. The molecule has 1 aromatic carbocycles. The number of aliphatic hydroxyl groups is 1. The zero-order valence-corrected chi connectivity index (χ0v) is 10.4. The molecule has 0 aliphatic rings. The Hall–Kier alpha value is 0.284. The number of aryl methyl sites for hydroxylation is 1. The van der Waals surface area contributed by atoms with Gasteiger partial charge >= 0.3 is 0 Å². The zero-order chi connectivity index (χ0) is 8.27. The second-order valence-corrected chi connectivity index (χ2v) is 2.93. The average molecular weight is 238 g/mol. The van der Waals surface area contributed by atoms with E-state index in [1.165, 1.54) is 0 Å². The summed E-state index contributed by atoms with van der Waals surface area (Å²) in [6, 6.07) is 9.06. The summed E-state index contributed by atoms with van der Waals surface area (Å²) in [6.45, 7) is 3.80. The van der Waals surface area contributed by atoms with Gasteiger partial charge < -0.3 is 5.11 Å². The first-order valence-corrected chi connectivity index (χ1v) is 3.84. The molecule has 1 rings (SSSR count). The molecule has 1 atom stereocenters. The van der Waals surface area contributed by atoms with Gasteiger partial charge in [-0.2, -0.15) is 35.4 Å². The quantitative estimate of drug-likeness (QED) is 0.778. The minimum Gasteiger partial charge on any atom is -0.394 e. The van der Waals surface area contributed by atoms with Crippen LogP contribution in [-0.2, 0) is 39.1 Å². The molecule has 1 nitrogen and oxygen atoms in total. The van der Waals surface area contributed by atoms with Gasteiger partial charge in [-0.15, -0.1) is 0 Å². The Morgan fingerprint density at radius 2 is 2.17 bits per heavy atom. The molecular formula is C10H13OY-. The minimum absolute atomic E-state index is 0. The van der Waals surface area contributed by atoms with Crippen LogP contribution in [0.3, 0.4) is 0 Å². The maximum absolute atomic E-state index is 9.06. The molecule has 0 bridgehead atoms. The van der Waals surface area contributed by atoms with E-state index >= 15 is 0 Å². The second kappa shape index (κ2) is 5.85. The van der Waals surface area contributed by atoms with Crippen LogP contribution in [-0.4, -0.2) is 11.2 Å². The summed E-state index contributed by atoms with van der Waals surface area (Å²) in [7, 11) is 0. The Labute approximate surface area is 99.1 Å². The monoisotopic (exact) mass is 238 g/mol. The summed E-state index contributed by atoms with van der Waals surface area (Å²) in [5, 5.41) is 9.06. The molecule has 0 spiro atoms. The van der Waals surface area contributed by atoms with Crippen LogP contribution in [0.4, 0.5) is 0 Å². The summed E-state index contributed by atoms with van der Waals surface area (Å²) in [5.74, 6) is 0. The molecule has 2 heteroatoms. The maximum Gasteiger partial charge on any atom is 0.0448 e. The van der Waals surface area contributed by atoms with Crippen molar-refractivity contribution in [2.24, 2.45) is 0 Å². The summed E-state index contributed by atoms with van der Waals surface area (Å²) >= 11 is 0. The van der Waals surface area contributed by atoms with Crippen molar-refractivity contribution in [3.8, 4) is 0 Å². The van der Waals surface area contributed by atoms with Gasteiger partial charge in [0.05, 0.1) is 0 Å². The molecule has 0 aliphatic heterocycles. The van der Waals surface area contributed by atoms with Gasteiger partial charge in [0, 0.05) is 38.8 Å². The largest absolute Gasteiger partial charge is 0.394 e. The topological polar surface area (TPSA) is 20.2 Å². The van der Waals surface area contributed by atoms with Crippen molar-refractivity contribution in [2.75, 3.05) is 0 Å². The van der Waals surface area contributed by atoms with Crippen LogP contribution in [0.15, 0.2) is 18.2 Å². The third-order valence-electron chi connectivity index (χ3n) is 1.56. The molecule has 1 N–H and O–H groups in total. The van der Waals surface area contributed by atoms with Gasteiger partial charge in [0.25, 0.3) is 0 Å². The molecule has 0 fully saturated rings. The molecule has 63 valence electrons. The number of aliphatic hydroxyl groups excluding tert-OH is 1. The van der Waals surface area contributed by atoms with Crippen molar-refractivity contribution in [3.05, 3.63) is 35.4 Å². The summed E-state index contributed by atoms with van der Waals surface area (Å²) < 4.78 is 0. The van der Waals surface area contributed by atoms with Crippen molar-refractivity contribution in [1.29, 1.82) is 0 Å². The third-order valence-corrected chi connectivity index (χ3v) is 1.56. The Balaban J connectivity index is 0.00000121. The van der Waals surface area contributed by atoms with Crippen LogP contribution >= 0.6 is 0 Å². The van der Waals surface area contributed by atoms with Crippen LogP contribution in [0.2, 0.25) is 0 Å². The first kappa shape index (κ1) is 12.3. The van der Waals surface area contributed by atoms with E-state index in [4.69, 9.17) is 5.11 Å². The van der Waals surface area contributed by atoms with Gasteiger partial charge in [-0.05, 0) is 13.3 Å². The van der Waals surface area contributed by atoms with Gasteiger partial charge in [-0.1, -0.05) is 6.92 Å². The fraction of sp³-hybridized carbons (Fsp3) is 0.400. The first-order chi connectivity index (χ1) is 5.18. The molecule has 0 heterocycles. The van der Waals surface area contributed by atoms with Crippen LogP contribution in [0, 0.1) is 13.0 Å². The predicted octanol–water partition coefficient (Wildman–Crippen LogP) is 1.72. The van der Waals surface area contributed by atoms with Crippen molar-refractivity contribution in [3.63, 3.8) is 0 Å². The van der Waals surface area contributed by atoms with E-state index in [0.29, 0.717) is 0 Å². The maximum atomic E-state index is 9.06. The molecule has 0 aromatic heterocycles. The van der Waals surface area contributed by atoms with E-state index in [1.807, 2.05) is 25.1 Å². The molecule has 0 saturated carbocycles. The normalized spacial score (nSPS) is 11.9. The van der Waals surface area contributed by atoms with E-state index in [-0.39, 0.29) is 38.8 Å². The molecule has 0 amide bonds. The molecular weight excluding hydrogens is 225 g/mol. The number of hydrogen-bond acceptors (Lipinski definition) is 1. The molecule has 1 aromatic rings. The van der Waals surface area contributed by atoms with Crippen molar-refractivity contribution >= 4 is 0 Å². The van der Waals surface area contributed by atoms with E-state index < -0.39 is 0 Å². The Kier molecular flexibility index (Phi) is 5.99. The van der Waals surface area contributed by atoms with Gasteiger partial charge in [-0.3, -0.25) is 0 Å². The van der Waals surface area contributed by atoms with Crippen molar-refractivity contribution < 1.29 is 37.8 Å². The number of rotatable bonds is 2. The van der Waals surface area contributed by atoms with E-state index in [9.17, 15) is 0 Å². The molecule has 0 aliphatic carbocycles. The molecule has 0 saturated heterocycles. The second-order valence-electron chi connectivity index (χ2n) is 2.93. The van der Waals surface area contributed by atoms with Crippen LogP contribution in [0.1, 0.15) is 18.1 Å². The summed E-state index contributed by atoms with van der Waals surface area (Å²) in [5.41, 5.74) is 2.28. The zero-order valence-electron chi connectivity index (χ0n) is 7.54. The molecule has 12 heavy (non-hydrogen) atoms. The Morgan fingerprint density at radius 1 is 1.50 bits per heavy atom. The SMILES string of the molecule is Cc1[c-]cc(CC(C)O)cc1.[Y]. The van der Waals surface area contributed by atoms with Crippen molar-refractivity contribution in [2.45, 2.75) is 26.4 Å². The van der Waals surface area contributed by atoms with Gasteiger partial charge in [0.1, 0.15) is 0 Å². The predicted molar refractivity (Wildman–Crippen MR) is 45.4 cm³/mol. The fourth-order valence-electron chi connectivity index (χ4n) is 1.00. The molecule has 1 unspecified atom stereocenters. The average Bonchev–Trinajstić information content (AvgIpc) is 1.93. The summed E-state index contributed by atoms with van der Waals surface area (Å²) in [6.07, 6.45) is 0.461. The van der Waals surface area contributed by atoms with E-state index in [1.54, 1.807) is 6.92 Å².